The van der Waals surface area contributed by atoms with E-state index < -0.39 is 83.5 Å². The number of rotatable bonds is 20. The van der Waals surface area contributed by atoms with Crippen molar-refractivity contribution in [3.63, 3.8) is 0 Å². The van der Waals surface area contributed by atoms with Crippen molar-refractivity contribution in [2.75, 3.05) is 43.8 Å². The van der Waals surface area contributed by atoms with Crippen LogP contribution in [0.3, 0.4) is 0 Å². The molecule has 2 aliphatic heterocycles. The van der Waals surface area contributed by atoms with Crippen molar-refractivity contribution in [1.29, 1.82) is 0 Å². The molecule has 4 aromatic heterocycles. The highest BCUT2D eigenvalue weighted by molar-refractivity contribution is 7.98. The summed E-state index contributed by atoms with van der Waals surface area (Å²) in [6.45, 7) is -0.366. The standard InChI is InChI=1S/C37H38BF2N11O12P2S/c38-65(55,58-12-23-28(62-64-54)24(39)34(61-23)50-15-46-26-30(42)44-14-45-31(26)50)63-29-22(60-35(25(29)40)51-16-47-27-32(51)48-37(43)49-33(27)52)11-56-17-66-13-18-1-5-21(6-2-18)59-36(53)19-3-7-20(8-4-19)57-10-9-41/h1-8,14-16,22-25,28-29,34-35H,9-13,17,41H2,(H2,42,44,45)(H3,43,48,49,52)/t22-,23-,24-,25-,28-,29-,34-,35-,65?/m1/s1. The van der Waals surface area contributed by atoms with Crippen molar-refractivity contribution in [3.8, 4) is 11.5 Å². The van der Waals surface area contributed by atoms with E-state index in [9.17, 15) is 18.7 Å². The number of aromatic nitrogens is 8. The predicted molar refractivity (Wildman–Crippen MR) is 231 cm³/mol. The van der Waals surface area contributed by atoms with Gasteiger partial charge in [-0.3, -0.25) is 28.0 Å². The lowest BCUT2D eigenvalue weighted by atomic mass is 10.1. The van der Waals surface area contributed by atoms with E-state index in [1.165, 1.54) is 22.7 Å². The van der Waals surface area contributed by atoms with Crippen LogP contribution in [-0.4, -0.2) is 122 Å². The minimum absolute atomic E-state index is 0.0275. The molecular formula is C37H38BF2N11O12P2S. The van der Waals surface area contributed by atoms with Gasteiger partial charge in [0.2, 0.25) is 13.5 Å². The summed E-state index contributed by atoms with van der Waals surface area (Å²) >= 11 is 1.34. The number of nitrogen functional groups attached to an aromatic ring is 2. The molecule has 1 unspecified atom stereocenters. The number of fused-ring (bicyclic) bond motifs is 2. The Bertz CT molecular complexity index is 2780. The second-order valence-electron chi connectivity index (χ2n) is 14.5. The van der Waals surface area contributed by atoms with E-state index in [1.807, 2.05) is 0 Å². The Hall–Kier alpha value is -5.47. The molecule has 23 nitrogen and oxygen atoms in total. The predicted octanol–water partition coefficient (Wildman–Crippen LogP) is 3.33. The number of carbonyl (C=O) groups is 1. The fraction of sp³-hybridized carbons (Fsp3) is 0.378. The lowest BCUT2D eigenvalue weighted by Crippen LogP contribution is -2.35. The molecular weight excluding hydrogens is 933 g/mol. The number of hydrogen-bond acceptors (Lipinski definition) is 21. The largest absolute Gasteiger partial charge is 0.492 e. The van der Waals surface area contributed by atoms with Gasteiger partial charge in [-0.05, 0) is 42.0 Å². The topological polar surface area (TPSA) is 310 Å². The average Bonchev–Trinajstić information content (AvgIpc) is 4.07. The molecule has 0 spiro atoms. The van der Waals surface area contributed by atoms with E-state index in [-0.39, 0.29) is 46.6 Å². The molecule has 0 amide bonds. The Morgan fingerprint density at radius 1 is 0.909 bits per heavy atom. The van der Waals surface area contributed by atoms with Crippen LogP contribution in [0, 0.1) is 0 Å². The molecule has 8 rings (SSSR count). The Labute approximate surface area is 378 Å². The second kappa shape index (κ2) is 20.6. The van der Waals surface area contributed by atoms with E-state index in [0.717, 1.165) is 22.8 Å². The van der Waals surface area contributed by atoms with Crippen LogP contribution in [0.4, 0.5) is 20.5 Å². The fourth-order valence-electron chi connectivity index (χ4n) is 7.04. The van der Waals surface area contributed by atoms with Crippen molar-refractivity contribution < 1.29 is 60.0 Å². The molecule has 66 heavy (non-hydrogen) atoms. The normalized spacial score (nSPS) is 24.0. The Morgan fingerprint density at radius 3 is 2.29 bits per heavy atom. The van der Waals surface area contributed by atoms with Crippen LogP contribution < -0.4 is 32.2 Å². The van der Waals surface area contributed by atoms with Gasteiger partial charge in [-0.25, -0.2) is 38.1 Å². The molecule has 9 atom stereocenters. The highest BCUT2D eigenvalue weighted by atomic mass is 32.2. The molecule has 29 heteroatoms. The quantitative estimate of drug-likeness (QED) is 0.0213. The van der Waals surface area contributed by atoms with Crippen molar-refractivity contribution in [2.45, 2.75) is 55.0 Å². The number of halogens is 2. The summed E-state index contributed by atoms with van der Waals surface area (Å²) in [6.07, 6.45) is -9.68. The first kappa shape index (κ1) is 47.0. The third kappa shape index (κ3) is 10.4. The zero-order chi connectivity index (χ0) is 46.5. The second-order valence-corrected chi connectivity index (χ2v) is 17.3. The maximum atomic E-state index is 16.6. The van der Waals surface area contributed by atoms with E-state index in [2.05, 4.69) is 29.9 Å². The first-order valence-corrected chi connectivity index (χ1v) is 23.2. The Kier molecular flexibility index (Phi) is 14.7. The number of nitrogens with two attached hydrogens (primary N) is 3. The Balaban J connectivity index is 0.900. The number of carbonyl (C=O) groups excluding carboxylic acids is 1. The summed E-state index contributed by atoms with van der Waals surface area (Å²) in [5.74, 6) is 0.617. The number of thioether (sulfide) groups is 1. The molecule has 0 aliphatic carbocycles. The van der Waals surface area contributed by atoms with Gasteiger partial charge < -0.3 is 49.9 Å². The van der Waals surface area contributed by atoms with Crippen molar-refractivity contribution in [1.82, 2.24) is 39.0 Å². The minimum atomic E-state index is -4.78. The summed E-state index contributed by atoms with van der Waals surface area (Å²) in [5, 5.41) is 0. The van der Waals surface area contributed by atoms with Gasteiger partial charge in [0.05, 0.1) is 37.4 Å². The molecule has 6 heterocycles. The zero-order valence-electron chi connectivity index (χ0n) is 34.1. The summed E-state index contributed by atoms with van der Waals surface area (Å²) in [5.41, 5.74) is 17.6. The first-order chi connectivity index (χ1) is 31.8. The van der Waals surface area contributed by atoms with Crippen LogP contribution in [0.2, 0.25) is 0 Å². The van der Waals surface area contributed by atoms with Crippen molar-refractivity contribution in [3.05, 3.63) is 89.0 Å². The third-order valence-electron chi connectivity index (χ3n) is 10.1. The number of nitrogens with zero attached hydrogens (tertiary/aromatic N) is 7. The molecule has 2 fully saturated rings. The van der Waals surface area contributed by atoms with Gasteiger partial charge >= 0.3 is 14.7 Å². The highest BCUT2D eigenvalue weighted by Crippen LogP contribution is 2.50. The molecule has 2 saturated heterocycles. The van der Waals surface area contributed by atoms with Gasteiger partial charge in [-0.2, -0.15) is 4.98 Å². The highest BCUT2D eigenvalue weighted by Gasteiger charge is 2.51. The van der Waals surface area contributed by atoms with E-state index in [1.54, 1.807) is 48.5 Å². The molecule has 2 aliphatic rings. The maximum absolute atomic E-state index is 16.6. The molecule has 6 aromatic rings. The molecule has 2 aromatic carbocycles. The number of ether oxygens (including phenoxy) is 5. The average molecular weight is 972 g/mol. The number of anilines is 2. The number of alkyl halides is 2. The Morgan fingerprint density at radius 2 is 1.58 bits per heavy atom. The number of hydrogen-bond donors (Lipinski definition) is 4. The number of H-pyrrole nitrogens is 1. The van der Waals surface area contributed by atoms with Crippen LogP contribution in [0.1, 0.15) is 28.4 Å². The van der Waals surface area contributed by atoms with Gasteiger partial charge in [0, 0.05) is 12.3 Å². The van der Waals surface area contributed by atoms with Crippen LogP contribution in [0.15, 0.2) is 72.3 Å². The van der Waals surface area contributed by atoms with Crippen LogP contribution >= 0.6 is 27.9 Å². The lowest BCUT2D eigenvalue weighted by Gasteiger charge is -2.25. The van der Waals surface area contributed by atoms with Gasteiger partial charge in [0.15, 0.2) is 47.4 Å². The van der Waals surface area contributed by atoms with E-state index in [0.29, 0.717) is 36.0 Å². The van der Waals surface area contributed by atoms with Crippen molar-refractivity contribution in [2.24, 2.45) is 5.73 Å². The van der Waals surface area contributed by atoms with Gasteiger partial charge in [0.25, 0.3) is 13.0 Å². The first-order valence-electron chi connectivity index (χ1n) is 19.7. The summed E-state index contributed by atoms with van der Waals surface area (Å²) in [6, 6.07) is 13.3. The van der Waals surface area contributed by atoms with Crippen LogP contribution in [-0.2, 0) is 42.7 Å². The van der Waals surface area contributed by atoms with Crippen molar-refractivity contribution >= 4 is 75.6 Å². The van der Waals surface area contributed by atoms with E-state index >= 15 is 8.78 Å². The number of aromatic amines is 1. The summed E-state index contributed by atoms with van der Waals surface area (Å²) in [4.78, 5) is 47.6. The smallest absolute Gasteiger partial charge is 0.343 e. The van der Waals surface area contributed by atoms with E-state index in [4.69, 9.17) is 62.0 Å². The molecule has 2 radical (unpaired) electrons. The molecule has 7 N–H and O–H groups in total. The SMILES string of the molecule is [B]P(=O)(OC[C@H]1O[C@@H](n2cnc3c(N)ncnc32)[C@H](F)[C@@H]1OP=O)O[C@H]1[C@@H](F)[C@H](n2cnc3c(=O)[nH]c(N)nc32)O[C@@H]1COCSCc1ccc(OC(=O)c2ccc(OCCN)cc2)cc1. The lowest BCUT2D eigenvalue weighted by molar-refractivity contribution is -0.0568. The zero-order valence-corrected chi connectivity index (χ0v) is 36.7. The molecule has 0 bridgehead atoms. The third-order valence-corrected chi connectivity index (χ3v) is 12.3. The number of nitrogens with one attached hydrogen (secondary N) is 1. The van der Waals surface area contributed by atoms with Gasteiger partial charge in [-0.1, -0.05) is 12.1 Å². The number of benzene rings is 2. The monoisotopic (exact) mass is 971 g/mol. The van der Waals surface area contributed by atoms with Crippen LogP contribution in [0.5, 0.6) is 11.5 Å². The fourth-order valence-corrected chi connectivity index (χ4v) is 9.12. The van der Waals surface area contributed by atoms with Gasteiger partial charge in [0.1, 0.15) is 54.4 Å². The summed E-state index contributed by atoms with van der Waals surface area (Å²) < 4.78 is 105. The minimum Gasteiger partial charge on any atom is -0.492 e. The van der Waals surface area contributed by atoms with Gasteiger partial charge in [-0.15, -0.1) is 11.8 Å². The number of imidazole rings is 2. The molecule has 346 valence electrons. The number of esters is 1. The maximum Gasteiger partial charge on any atom is 0.343 e. The molecule has 0 saturated carbocycles. The van der Waals surface area contributed by atoms with Crippen LogP contribution in [0.25, 0.3) is 22.3 Å². The summed E-state index contributed by atoms with van der Waals surface area (Å²) in [7, 11) is 0.325.